The Balaban J connectivity index is 1.78. The lowest BCUT2D eigenvalue weighted by Crippen LogP contribution is -2.49. The van der Waals surface area contributed by atoms with Crippen LogP contribution in [0.5, 0.6) is 0 Å². The summed E-state index contributed by atoms with van der Waals surface area (Å²) >= 11 is 5.89. The Labute approximate surface area is 125 Å². The zero-order valence-electron chi connectivity index (χ0n) is 11.5. The van der Waals surface area contributed by atoms with Crippen molar-refractivity contribution in [1.82, 2.24) is 10.2 Å². The summed E-state index contributed by atoms with van der Waals surface area (Å²) in [5.41, 5.74) is 1.19. The molecule has 0 atom stereocenters. The number of nitrogens with one attached hydrogen (secondary N) is 1. The quantitative estimate of drug-likeness (QED) is 0.841. The van der Waals surface area contributed by atoms with Crippen molar-refractivity contribution < 1.29 is 4.79 Å². The van der Waals surface area contributed by atoms with Gasteiger partial charge >= 0.3 is 0 Å². The van der Waals surface area contributed by atoms with Crippen molar-refractivity contribution >= 4 is 23.2 Å². The lowest BCUT2D eigenvalue weighted by atomic mass is 10.2. The Bertz CT molecular complexity index is 453. The van der Waals surface area contributed by atoms with Crippen LogP contribution in [0.2, 0.25) is 5.02 Å². The Kier molecular flexibility index (Phi) is 5.44. The van der Waals surface area contributed by atoms with Gasteiger partial charge in [0.1, 0.15) is 0 Å². The summed E-state index contributed by atoms with van der Waals surface area (Å²) in [6.45, 7) is 8.22. The van der Waals surface area contributed by atoms with Gasteiger partial charge in [-0.05, 0) is 24.3 Å². The van der Waals surface area contributed by atoms with E-state index in [2.05, 4.69) is 21.7 Å². The highest BCUT2D eigenvalue weighted by molar-refractivity contribution is 6.30. The molecule has 0 aromatic heterocycles. The number of hydrogen-bond donors (Lipinski definition) is 1. The van der Waals surface area contributed by atoms with E-state index in [4.69, 9.17) is 11.6 Å². The topological polar surface area (TPSA) is 35.6 Å². The van der Waals surface area contributed by atoms with Crippen molar-refractivity contribution in [3.63, 3.8) is 0 Å². The van der Waals surface area contributed by atoms with Gasteiger partial charge in [-0.25, -0.2) is 0 Å². The fourth-order valence-electron chi connectivity index (χ4n) is 2.26. The second-order valence-corrected chi connectivity index (χ2v) is 5.27. The summed E-state index contributed by atoms with van der Waals surface area (Å²) in [5.74, 6) is 0.0600. The minimum absolute atomic E-state index is 0.0600. The number of carbonyl (C=O) groups is 1. The van der Waals surface area contributed by atoms with E-state index in [1.165, 1.54) is 5.69 Å². The predicted molar refractivity (Wildman–Crippen MR) is 83.3 cm³/mol. The van der Waals surface area contributed by atoms with Gasteiger partial charge in [0.2, 0.25) is 5.91 Å². The molecule has 20 heavy (non-hydrogen) atoms. The van der Waals surface area contributed by atoms with Crippen LogP contribution in [0, 0.1) is 0 Å². The molecule has 5 heteroatoms. The standard InChI is InChI=1S/C15H20ClN3O/c1-2-7-17-15(20)12-18-8-10-19(11-9-18)14-5-3-13(16)4-6-14/h2-6H,1,7-12H2,(H,17,20). The average Bonchev–Trinajstić information content (AvgIpc) is 2.47. The molecule has 1 N–H and O–H groups in total. The smallest absolute Gasteiger partial charge is 0.234 e. The van der Waals surface area contributed by atoms with Crippen LogP contribution in [0.25, 0.3) is 0 Å². The monoisotopic (exact) mass is 293 g/mol. The third kappa shape index (κ3) is 4.25. The van der Waals surface area contributed by atoms with E-state index >= 15 is 0 Å². The van der Waals surface area contributed by atoms with E-state index in [1.54, 1.807) is 6.08 Å². The molecule has 1 aliphatic rings. The highest BCUT2D eigenvalue weighted by atomic mass is 35.5. The maximum absolute atomic E-state index is 11.6. The number of rotatable bonds is 5. The number of hydrogen-bond acceptors (Lipinski definition) is 3. The molecule has 0 bridgehead atoms. The van der Waals surface area contributed by atoms with Gasteiger partial charge in [0, 0.05) is 43.4 Å². The number of amides is 1. The van der Waals surface area contributed by atoms with Crippen molar-refractivity contribution in [2.75, 3.05) is 44.2 Å². The zero-order valence-corrected chi connectivity index (χ0v) is 12.3. The molecule has 0 spiro atoms. The predicted octanol–water partition coefficient (Wildman–Crippen LogP) is 1.76. The zero-order chi connectivity index (χ0) is 14.4. The second kappa shape index (κ2) is 7.31. The van der Waals surface area contributed by atoms with Crippen molar-refractivity contribution in [2.45, 2.75) is 0 Å². The molecule has 0 aliphatic carbocycles. The van der Waals surface area contributed by atoms with Gasteiger partial charge < -0.3 is 10.2 Å². The third-order valence-electron chi connectivity index (χ3n) is 3.37. The van der Waals surface area contributed by atoms with Gasteiger partial charge in [-0.1, -0.05) is 17.7 Å². The van der Waals surface area contributed by atoms with Crippen LogP contribution in [-0.4, -0.2) is 50.1 Å². The van der Waals surface area contributed by atoms with Gasteiger partial charge in [-0.15, -0.1) is 6.58 Å². The van der Waals surface area contributed by atoms with Crippen LogP contribution < -0.4 is 10.2 Å². The molecule has 4 nitrogen and oxygen atoms in total. The van der Waals surface area contributed by atoms with Gasteiger partial charge in [0.05, 0.1) is 6.54 Å². The van der Waals surface area contributed by atoms with E-state index in [-0.39, 0.29) is 5.91 Å². The molecular weight excluding hydrogens is 274 g/mol. The summed E-state index contributed by atoms with van der Waals surface area (Å²) in [6.07, 6.45) is 1.69. The van der Waals surface area contributed by atoms with Crippen molar-refractivity contribution in [1.29, 1.82) is 0 Å². The maximum Gasteiger partial charge on any atom is 0.234 e. The van der Waals surface area contributed by atoms with Gasteiger partial charge in [-0.3, -0.25) is 9.69 Å². The Morgan fingerprint density at radius 3 is 2.50 bits per heavy atom. The number of nitrogens with zero attached hydrogens (tertiary/aromatic N) is 2. The van der Waals surface area contributed by atoms with Gasteiger partial charge in [-0.2, -0.15) is 0 Å². The summed E-state index contributed by atoms with van der Waals surface area (Å²) in [6, 6.07) is 7.89. The summed E-state index contributed by atoms with van der Waals surface area (Å²) in [5, 5.41) is 3.56. The lowest BCUT2D eigenvalue weighted by molar-refractivity contribution is -0.122. The molecule has 1 aromatic carbocycles. The highest BCUT2D eigenvalue weighted by Crippen LogP contribution is 2.19. The fourth-order valence-corrected chi connectivity index (χ4v) is 2.39. The van der Waals surface area contributed by atoms with Crippen molar-refractivity contribution in [3.8, 4) is 0 Å². The minimum atomic E-state index is 0.0600. The Morgan fingerprint density at radius 2 is 1.90 bits per heavy atom. The fraction of sp³-hybridized carbons (Fsp3) is 0.400. The minimum Gasteiger partial charge on any atom is -0.369 e. The normalized spacial score (nSPS) is 15.9. The van der Waals surface area contributed by atoms with Crippen molar-refractivity contribution in [2.24, 2.45) is 0 Å². The molecule has 1 aliphatic heterocycles. The molecule has 1 heterocycles. The molecule has 2 rings (SSSR count). The van der Waals surface area contributed by atoms with E-state index in [9.17, 15) is 4.79 Å². The molecule has 1 saturated heterocycles. The first kappa shape index (κ1) is 14.9. The maximum atomic E-state index is 11.6. The largest absolute Gasteiger partial charge is 0.369 e. The van der Waals surface area contributed by atoms with Gasteiger partial charge in [0.15, 0.2) is 0 Å². The molecule has 0 unspecified atom stereocenters. The molecule has 1 amide bonds. The van der Waals surface area contributed by atoms with Crippen LogP contribution in [-0.2, 0) is 4.79 Å². The SMILES string of the molecule is C=CCNC(=O)CN1CCN(c2ccc(Cl)cc2)CC1. The van der Waals surface area contributed by atoms with Gasteiger partial charge in [0.25, 0.3) is 0 Å². The Hall–Kier alpha value is -1.52. The summed E-state index contributed by atoms with van der Waals surface area (Å²) < 4.78 is 0. The summed E-state index contributed by atoms with van der Waals surface area (Å²) in [4.78, 5) is 16.1. The van der Waals surface area contributed by atoms with E-state index in [0.29, 0.717) is 13.1 Å². The number of benzene rings is 1. The molecule has 1 aromatic rings. The van der Waals surface area contributed by atoms with Crippen LogP contribution in [0.1, 0.15) is 0 Å². The molecular formula is C15H20ClN3O. The second-order valence-electron chi connectivity index (χ2n) is 4.83. The van der Waals surface area contributed by atoms with Crippen LogP contribution in [0.3, 0.4) is 0 Å². The first-order chi connectivity index (χ1) is 9.69. The van der Waals surface area contributed by atoms with E-state index in [1.807, 2.05) is 24.3 Å². The summed E-state index contributed by atoms with van der Waals surface area (Å²) in [7, 11) is 0. The van der Waals surface area contributed by atoms with Crippen molar-refractivity contribution in [3.05, 3.63) is 41.9 Å². The van der Waals surface area contributed by atoms with E-state index in [0.717, 1.165) is 31.2 Å². The first-order valence-corrected chi connectivity index (χ1v) is 7.17. The lowest BCUT2D eigenvalue weighted by Gasteiger charge is -2.35. The van der Waals surface area contributed by atoms with Crippen LogP contribution in [0.4, 0.5) is 5.69 Å². The number of carbonyl (C=O) groups excluding carboxylic acids is 1. The number of anilines is 1. The molecule has 0 radical (unpaired) electrons. The Morgan fingerprint density at radius 1 is 1.25 bits per heavy atom. The number of piperazine rings is 1. The highest BCUT2D eigenvalue weighted by Gasteiger charge is 2.18. The molecule has 0 saturated carbocycles. The first-order valence-electron chi connectivity index (χ1n) is 6.79. The van der Waals surface area contributed by atoms with Crippen LogP contribution >= 0.6 is 11.6 Å². The number of halogens is 1. The average molecular weight is 294 g/mol. The van der Waals surface area contributed by atoms with Crippen LogP contribution in [0.15, 0.2) is 36.9 Å². The molecule has 108 valence electrons. The molecule has 1 fully saturated rings. The van der Waals surface area contributed by atoms with E-state index < -0.39 is 0 Å². The third-order valence-corrected chi connectivity index (χ3v) is 3.63.